The summed E-state index contributed by atoms with van der Waals surface area (Å²) in [6, 6.07) is 0. The molecular weight excluding hydrogens is 288 g/mol. The molecule has 0 N–H and O–H groups in total. The summed E-state index contributed by atoms with van der Waals surface area (Å²) in [5, 5.41) is -0.571. The second-order valence-electron chi connectivity index (χ2n) is 5.88. The number of rotatable bonds is 13. The lowest BCUT2D eigenvalue weighted by Gasteiger charge is -2.40. The van der Waals surface area contributed by atoms with Crippen molar-refractivity contribution in [2.45, 2.75) is 65.2 Å². The first-order chi connectivity index (χ1) is 10.0. The van der Waals surface area contributed by atoms with E-state index < -0.39 is 14.0 Å². The molecule has 0 aromatic carbocycles. The first-order valence-corrected chi connectivity index (χ1v) is 9.91. The van der Waals surface area contributed by atoms with Crippen LogP contribution in [-0.2, 0) is 22.8 Å². The molecule has 0 aromatic heterocycles. The van der Waals surface area contributed by atoms with Crippen LogP contribution in [0.2, 0.25) is 0 Å². The summed E-state index contributed by atoms with van der Waals surface area (Å²) in [7, 11) is -2.90. The summed E-state index contributed by atoms with van der Waals surface area (Å²) in [5.74, 6) is 0. The van der Waals surface area contributed by atoms with Crippen molar-refractivity contribution in [1.29, 1.82) is 0 Å². The second-order valence-corrected chi connectivity index (χ2v) is 9.06. The Bertz CT molecular complexity index is 259. The van der Waals surface area contributed by atoms with Crippen molar-refractivity contribution in [2.75, 3.05) is 33.0 Å². The van der Waals surface area contributed by atoms with Gasteiger partial charge in [-0.05, 0) is 33.1 Å². The Labute approximate surface area is 130 Å². The van der Waals surface area contributed by atoms with Crippen molar-refractivity contribution < 1.29 is 22.8 Å². The van der Waals surface area contributed by atoms with Crippen LogP contribution in [0.5, 0.6) is 0 Å². The van der Waals surface area contributed by atoms with Crippen LogP contribution in [0.4, 0.5) is 0 Å². The Morgan fingerprint density at radius 2 is 1.38 bits per heavy atom. The highest BCUT2D eigenvalue weighted by atomic mass is 28.4. The minimum atomic E-state index is -2.90. The molecule has 1 aliphatic rings. The molecule has 5 nitrogen and oxygen atoms in total. The molecule has 1 heterocycles. The van der Waals surface area contributed by atoms with Crippen LogP contribution in [-0.4, -0.2) is 53.2 Å². The fraction of sp³-hybridized carbons (Fsp3) is 1.00. The first-order valence-electron chi connectivity index (χ1n) is 8.18. The molecule has 1 saturated heterocycles. The van der Waals surface area contributed by atoms with Gasteiger partial charge in [-0.1, -0.05) is 20.8 Å². The number of epoxide rings is 1. The van der Waals surface area contributed by atoms with E-state index in [0.29, 0.717) is 26.4 Å². The van der Waals surface area contributed by atoms with Gasteiger partial charge in [0.25, 0.3) is 0 Å². The van der Waals surface area contributed by atoms with Crippen molar-refractivity contribution in [3.63, 3.8) is 0 Å². The number of hydrogen-bond donors (Lipinski definition) is 0. The standard InChI is InChI=1S/C15H32O5Si/c1-6-9-18-21(19-10-7-2,20-11-8-3)15(4,5)17-13-14-12-16-14/h14H,6-13H2,1-5H3. The molecule has 1 fully saturated rings. The van der Waals surface area contributed by atoms with E-state index in [9.17, 15) is 0 Å². The van der Waals surface area contributed by atoms with Gasteiger partial charge in [-0.15, -0.1) is 0 Å². The Kier molecular flexibility index (Phi) is 8.37. The van der Waals surface area contributed by atoms with Crippen LogP contribution < -0.4 is 0 Å². The zero-order chi connectivity index (χ0) is 15.8. The quantitative estimate of drug-likeness (QED) is 0.386. The molecule has 0 aromatic rings. The zero-order valence-electron chi connectivity index (χ0n) is 14.3. The van der Waals surface area contributed by atoms with Crippen LogP contribution in [0.1, 0.15) is 53.9 Å². The van der Waals surface area contributed by atoms with E-state index in [-0.39, 0.29) is 6.10 Å². The molecule has 1 rings (SSSR count). The minimum absolute atomic E-state index is 0.222. The van der Waals surface area contributed by atoms with Crippen LogP contribution in [0.3, 0.4) is 0 Å². The van der Waals surface area contributed by atoms with E-state index in [2.05, 4.69) is 20.8 Å². The lowest BCUT2D eigenvalue weighted by molar-refractivity contribution is -0.0603. The van der Waals surface area contributed by atoms with Gasteiger partial charge in [-0.3, -0.25) is 0 Å². The van der Waals surface area contributed by atoms with E-state index in [0.717, 1.165) is 25.9 Å². The van der Waals surface area contributed by atoms with Crippen molar-refractivity contribution in [3.8, 4) is 0 Å². The monoisotopic (exact) mass is 320 g/mol. The fourth-order valence-electron chi connectivity index (χ4n) is 1.91. The molecular formula is C15H32O5Si. The molecule has 1 atom stereocenters. The molecule has 0 saturated carbocycles. The van der Waals surface area contributed by atoms with Crippen molar-refractivity contribution in [3.05, 3.63) is 0 Å². The number of hydrogen-bond acceptors (Lipinski definition) is 5. The predicted molar refractivity (Wildman–Crippen MR) is 84.3 cm³/mol. The Morgan fingerprint density at radius 3 is 1.71 bits per heavy atom. The third-order valence-corrected chi connectivity index (χ3v) is 6.63. The first kappa shape index (κ1) is 19.1. The zero-order valence-corrected chi connectivity index (χ0v) is 15.3. The highest BCUT2D eigenvalue weighted by Crippen LogP contribution is 2.30. The van der Waals surface area contributed by atoms with Crippen LogP contribution in [0.15, 0.2) is 0 Å². The smallest absolute Gasteiger partial charge is 0.372 e. The molecule has 0 amide bonds. The van der Waals surface area contributed by atoms with Gasteiger partial charge in [0.15, 0.2) is 0 Å². The molecule has 126 valence electrons. The Hall–Kier alpha value is 0.0169. The summed E-state index contributed by atoms with van der Waals surface area (Å²) in [4.78, 5) is 0. The second kappa shape index (κ2) is 9.22. The largest absolute Gasteiger partial charge is 0.534 e. The van der Waals surface area contributed by atoms with Gasteiger partial charge in [0.2, 0.25) is 0 Å². The SMILES string of the molecule is CCCO[Si](OCCC)(OCCC)C(C)(C)OCC1CO1. The van der Waals surface area contributed by atoms with Crippen molar-refractivity contribution >= 4 is 8.80 Å². The molecule has 1 aliphatic heterocycles. The van der Waals surface area contributed by atoms with Crippen molar-refractivity contribution in [1.82, 2.24) is 0 Å². The maximum Gasteiger partial charge on any atom is 0.534 e. The predicted octanol–water partition coefficient (Wildman–Crippen LogP) is 2.94. The molecule has 0 radical (unpaired) electrons. The lowest BCUT2D eigenvalue weighted by atomic mass is 10.4. The molecule has 21 heavy (non-hydrogen) atoms. The fourth-order valence-corrected chi connectivity index (χ4v) is 4.88. The van der Waals surface area contributed by atoms with E-state index in [1.807, 2.05) is 13.8 Å². The summed E-state index contributed by atoms with van der Waals surface area (Å²) >= 11 is 0. The lowest BCUT2D eigenvalue weighted by Crippen LogP contribution is -2.64. The Morgan fingerprint density at radius 1 is 0.952 bits per heavy atom. The van der Waals surface area contributed by atoms with Crippen molar-refractivity contribution in [2.24, 2.45) is 0 Å². The average molecular weight is 321 g/mol. The van der Waals surface area contributed by atoms with Gasteiger partial charge in [0.05, 0.1) is 13.2 Å². The molecule has 6 heteroatoms. The van der Waals surface area contributed by atoms with E-state index >= 15 is 0 Å². The van der Waals surface area contributed by atoms with Gasteiger partial charge in [-0.2, -0.15) is 0 Å². The maximum absolute atomic E-state index is 6.13. The van der Waals surface area contributed by atoms with E-state index in [4.69, 9.17) is 22.8 Å². The van der Waals surface area contributed by atoms with E-state index in [1.54, 1.807) is 0 Å². The van der Waals surface area contributed by atoms with Gasteiger partial charge >= 0.3 is 8.80 Å². The van der Waals surface area contributed by atoms with Crippen LogP contribution >= 0.6 is 0 Å². The van der Waals surface area contributed by atoms with Gasteiger partial charge in [0, 0.05) is 19.8 Å². The summed E-state index contributed by atoms with van der Waals surface area (Å²) < 4.78 is 29.7. The topological polar surface area (TPSA) is 49.5 Å². The number of ether oxygens (including phenoxy) is 2. The Balaban J connectivity index is 2.79. The maximum atomic E-state index is 6.13. The summed E-state index contributed by atoms with van der Waals surface area (Å²) in [5.41, 5.74) is 0. The molecule has 1 unspecified atom stereocenters. The normalized spacial score (nSPS) is 19.0. The highest BCUT2D eigenvalue weighted by Gasteiger charge is 2.57. The third kappa shape index (κ3) is 5.96. The highest BCUT2D eigenvalue weighted by molar-refractivity contribution is 6.63. The van der Waals surface area contributed by atoms with Crippen LogP contribution in [0.25, 0.3) is 0 Å². The summed E-state index contributed by atoms with van der Waals surface area (Å²) in [6.45, 7) is 13.5. The van der Waals surface area contributed by atoms with Gasteiger partial charge < -0.3 is 22.8 Å². The van der Waals surface area contributed by atoms with Gasteiger partial charge in [-0.25, -0.2) is 0 Å². The minimum Gasteiger partial charge on any atom is -0.372 e. The van der Waals surface area contributed by atoms with E-state index in [1.165, 1.54) is 0 Å². The van der Waals surface area contributed by atoms with Crippen LogP contribution in [0, 0.1) is 0 Å². The third-order valence-electron chi connectivity index (χ3n) is 3.26. The summed E-state index contributed by atoms with van der Waals surface area (Å²) in [6.07, 6.45) is 3.02. The molecule has 0 bridgehead atoms. The average Bonchev–Trinajstić information content (AvgIpc) is 3.29. The molecule has 0 aliphatic carbocycles. The van der Waals surface area contributed by atoms with Gasteiger partial charge in [0.1, 0.15) is 11.3 Å². The molecule has 0 spiro atoms.